The number of hydrogen-bond acceptors (Lipinski definition) is 6. The highest BCUT2D eigenvalue weighted by Crippen LogP contribution is 2.27. The zero-order valence-corrected chi connectivity index (χ0v) is 19.3. The van der Waals surface area contributed by atoms with Crippen LogP contribution in [0.1, 0.15) is 18.4 Å². The van der Waals surface area contributed by atoms with Gasteiger partial charge in [-0.1, -0.05) is 6.07 Å². The SMILES string of the molecule is COc1ccc(Oc2ccc(CNC(=O)C3CCCN3S(=O)(=O)c3ccc(F)cc3)cn2)cc1. The number of carbonyl (C=O) groups excluding carboxylic acids is 1. The molecule has 1 fully saturated rings. The van der Waals surface area contributed by atoms with E-state index < -0.39 is 21.9 Å². The van der Waals surface area contributed by atoms with Crippen LogP contribution in [0.4, 0.5) is 4.39 Å². The predicted octanol–water partition coefficient (Wildman–Crippen LogP) is 3.49. The summed E-state index contributed by atoms with van der Waals surface area (Å²) in [5, 5.41) is 2.79. The van der Waals surface area contributed by atoms with E-state index >= 15 is 0 Å². The molecule has 1 atom stereocenters. The molecule has 1 saturated heterocycles. The van der Waals surface area contributed by atoms with Gasteiger partial charge < -0.3 is 14.8 Å². The number of ether oxygens (including phenoxy) is 2. The van der Waals surface area contributed by atoms with Crippen LogP contribution in [0.5, 0.6) is 17.4 Å². The Kier molecular flexibility index (Phi) is 7.09. The lowest BCUT2D eigenvalue weighted by atomic mass is 10.2. The zero-order valence-electron chi connectivity index (χ0n) is 18.5. The van der Waals surface area contributed by atoms with E-state index in [-0.39, 0.29) is 23.9 Å². The first-order chi connectivity index (χ1) is 16.4. The molecule has 1 N–H and O–H groups in total. The average molecular weight is 486 g/mol. The molecule has 3 aromatic rings. The number of sulfonamides is 1. The van der Waals surface area contributed by atoms with Crippen LogP contribution in [0.25, 0.3) is 0 Å². The number of carbonyl (C=O) groups is 1. The summed E-state index contributed by atoms with van der Waals surface area (Å²) in [6, 6.07) is 14.3. The Balaban J connectivity index is 1.35. The number of halogens is 1. The number of methoxy groups -OCH3 is 1. The molecule has 34 heavy (non-hydrogen) atoms. The Labute approximate surface area is 197 Å². The molecule has 8 nitrogen and oxygen atoms in total. The van der Waals surface area contributed by atoms with E-state index in [0.29, 0.717) is 24.5 Å². The maximum atomic E-state index is 13.2. The molecule has 1 aliphatic heterocycles. The highest BCUT2D eigenvalue weighted by atomic mass is 32.2. The molecule has 0 radical (unpaired) electrons. The fourth-order valence-electron chi connectivity index (χ4n) is 3.68. The van der Waals surface area contributed by atoms with Gasteiger partial charge in [0.15, 0.2) is 0 Å². The molecule has 2 heterocycles. The summed E-state index contributed by atoms with van der Waals surface area (Å²) in [6.07, 6.45) is 2.57. The number of hydrogen-bond donors (Lipinski definition) is 1. The Morgan fingerprint density at radius 3 is 2.44 bits per heavy atom. The molecule has 4 rings (SSSR count). The second-order valence-electron chi connectivity index (χ2n) is 7.73. The standard InChI is InChI=1S/C24H24FN3O5S/c1-32-19-7-9-20(10-8-19)33-23-13-4-17(15-26-23)16-27-24(29)22-3-2-14-28(22)34(30,31)21-11-5-18(25)6-12-21/h4-13,15,22H,2-3,14,16H2,1H3,(H,27,29). The van der Waals surface area contributed by atoms with Crippen LogP contribution in [0.15, 0.2) is 71.8 Å². The van der Waals surface area contributed by atoms with Gasteiger partial charge in [-0.3, -0.25) is 4.79 Å². The molecule has 2 aromatic carbocycles. The summed E-state index contributed by atoms with van der Waals surface area (Å²) in [4.78, 5) is 17.0. The predicted molar refractivity (Wildman–Crippen MR) is 122 cm³/mol. The van der Waals surface area contributed by atoms with Crippen molar-refractivity contribution in [2.45, 2.75) is 30.3 Å². The number of rotatable bonds is 8. The first-order valence-corrected chi connectivity index (χ1v) is 12.1. The van der Waals surface area contributed by atoms with Crippen molar-refractivity contribution in [3.05, 3.63) is 78.2 Å². The van der Waals surface area contributed by atoms with Crippen molar-refractivity contribution in [1.29, 1.82) is 0 Å². The molecule has 1 aromatic heterocycles. The van der Waals surface area contributed by atoms with Crippen molar-refractivity contribution in [3.63, 3.8) is 0 Å². The maximum absolute atomic E-state index is 13.2. The van der Waals surface area contributed by atoms with Gasteiger partial charge in [-0.05, 0) is 66.9 Å². The van der Waals surface area contributed by atoms with Gasteiger partial charge in [0.25, 0.3) is 0 Å². The Morgan fingerprint density at radius 2 is 1.79 bits per heavy atom. The fourth-order valence-corrected chi connectivity index (χ4v) is 5.34. The van der Waals surface area contributed by atoms with Gasteiger partial charge in [-0.2, -0.15) is 4.31 Å². The number of amides is 1. The summed E-state index contributed by atoms with van der Waals surface area (Å²) in [6.45, 7) is 0.423. The first-order valence-electron chi connectivity index (χ1n) is 10.7. The largest absolute Gasteiger partial charge is 0.497 e. The van der Waals surface area contributed by atoms with Crippen molar-refractivity contribution in [1.82, 2.24) is 14.6 Å². The van der Waals surface area contributed by atoms with Gasteiger partial charge in [-0.25, -0.2) is 17.8 Å². The molecule has 0 bridgehead atoms. The zero-order chi connectivity index (χ0) is 24.1. The highest BCUT2D eigenvalue weighted by molar-refractivity contribution is 7.89. The fraction of sp³-hybridized carbons (Fsp3) is 0.250. The van der Waals surface area contributed by atoms with Crippen LogP contribution >= 0.6 is 0 Å². The first kappa shape index (κ1) is 23.7. The minimum Gasteiger partial charge on any atom is -0.497 e. The van der Waals surface area contributed by atoms with E-state index in [1.165, 1.54) is 16.4 Å². The third-order valence-corrected chi connectivity index (χ3v) is 7.40. The van der Waals surface area contributed by atoms with Crippen molar-refractivity contribution in [2.75, 3.05) is 13.7 Å². The maximum Gasteiger partial charge on any atom is 0.243 e. The van der Waals surface area contributed by atoms with Crippen LogP contribution in [-0.4, -0.2) is 43.3 Å². The van der Waals surface area contributed by atoms with Crippen LogP contribution < -0.4 is 14.8 Å². The minimum absolute atomic E-state index is 0.0368. The van der Waals surface area contributed by atoms with E-state index in [0.717, 1.165) is 23.4 Å². The Hall–Kier alpha value is -3.50. The topological polar surface area (TPSA) is 97.8 Å². The summed E-state index contributed by atoms with van der Waals surface area (Å²) in [5.74, 6) is 0.814. The summed E-state index contributed by atoms with van der Waals surface area (Å²) in [5.41, 5.74) is 0.737. The molecular weight excluding hydrogens is 461 g/mol. The lowest BCUT2D eigenvalue weighted by Crippen LogP contribution is -2.45. The van der Waals surface area contributed by atoms with Crippen molar-refractivity contribution in [3.8, 4) is 17.4 Å². The van der Waals surface area contributed by atoms with Crippen molar-refractivity contribution in [2.24, 2.45) is 0 Å². The summed E-state index contributed by atoms with van der Waals surface area (Å²) < 4.78 is 51.1. The van der Waals surface area contributed by atoms with Crippen molar-refractivity contribution >= 4 is 15.9 Å². The van der Waals surface area contributed by atoms with Gasteiger partial charge in [0.05, 0.1) is 12.0 Å². The number of aromatic nitrogens is 1. The Morgan fingerprint density at radius 1 is 1.09 bits per heavy atom. The molecule has 1 unspecified atom stereocenters. The minimum atomic E-state index is -3.90. The quantitative estimate of drug-likeness (QED) is 0.525. The van der Waals surface area contributed by atoms with Gasteiger partial charge in [0.1, 0.15) is 23.4 Å². The summed E-state index contributed by atoms with van der Waals surface area (Å²) in [7, 11) is -2.32. The van der Waals surface area contributed by atoms with E-state index in [1.54, 1.807) is 49.7 Å². The molecule has 0 saturated carbocycles. The molecule has 10 heteroatoms. The molecule has 0 aliphatic carbocycles. The van der Waals surface area contributed by atoms with Crippen molar-refractivity contribution < 1.29 is 27.1 Å². The van der Waals surface area contributed by atoms with Gasteiger partial charge in [0.2, 0.25) is 21.8 Å². The lowest BCUT2D eigenvalue weighted by Gasteiger charge is -2.23. The third-order valence-electron chi connectivity index (χ3n) is 5.47. The van der Waals surface area contributed by atoms with Crippen LogP contribution in [-0.2, 0) is 21.4 Å². The number of nitrogens with zero attached hydrogens (tertiary/aromatic N) is 2. The summed E-state index contributed by atoms with van der Waals surface area (Å²) >= 11 is 0. The molecular formula is C24H24FN3O5S. The second kappa shape index (κ2) is 10.2. The molecule has 0 spiro atoms. The van der Waals surface area contributed by atoms with Crippen LogP contribution in [0.2, 0.25) is 0 Å². The van der Waals surface area contributed by atoms with Gasteiger partial charge >= 0.3 is 0 Å². The monoisotopic (exact) mass is 485 g/mol. The van der Waals surface area contributed by atoms with Crippen LogP contribution in [0.3, 0.4) is 0 Å². The van der Waals surface area contributed by atoms with Crippen LogP contribution in [0, 0.1) is 5.82 Å². The van der Waals surface area contributed by atoms with E-state index in [9.17, 15) is 17.6 Å². The number of nitrogens with one attached hydrogen (secondary N) is 1. The molecule has 1 aliphatic rings. The Bertz CT molecular complexity index is 1230. The van der Waals surface area contributed by atoms with E-state index in [1.807, 2.05) is 0 Å². The van der Waals surface area contributed by atoms with E-state index in [4.69, 9.17) is 9.47 Å². The molecule has 1 amide bonds. The average Bonchev–Trinajstić information content (AvgIpc) is 3.35. The van der Waals surface area contributed by atoms with E-state index in [2.05, 4.69) is 10.3 Å². The third kappa shape index (κ3) is 5.35. The number of pyridine rings is 1. The second-order valence-corrected chi connectivity index (χ2v) is 9.62. The number of benzene rings is 2. The lowest BCUT2D eigenvalue weighted by molar-refractivity contribution is -0.124. The highest BCUT2D eigenvalue weighted by Gasteiger charge is 2.39. The normalized spacial score (nSPS) is 16.2. The van der Waals surface area contributed by atoms with Gasteiger partial charge in [-0.15, -0.1) is 0 Å². The van der Waals surface area contributed by atoms with Gasteiger partial charge in [0, 0.05) is 25.4 Å². The smallest absolute Gasteiger partial charge is 0.243 e. The molecule has 178 valence electrons.